The van der Waals surface area contributed by atoms with Crippen LogP contribution < -0.4 is 5.32 Å². The number of rotatable bonds is 5. The van der Waals surface area contributed by atoms with Gasteiger partial charge in [-0.2, -0.15) is 0 Å². The van der Waals surface area contributed by atoms with Crippen LogP contribution in [0.1, 0.15) is 37.8 Å². The normalized spacial score (nSPS) is 21.9. The van der Waals surface area contributed by atoms with Gasteiger partial charge in [0.2, 0.25) is 0 Å². The minimum atomic E-state index is -3.25. The van der Waals surface area contributed by atoms with Crippen molar-refractivity contribution in [3.05, 3.63) is 35.4 Å². The van der Waals surface area contributed by atoms with Crippen molar-refractivity contribution in [1.82, 2.24) is 10.2 Å². The van der Waals surface area contributed by atoms with Crippen LogP contribution in [0.15, 0.2) is 24.3 Å². The Morgan fingerprint density at radius 1 is 1.17 bits per heavy atom. The number of nitrogens with zero attached hydrogens (tertiary/aromatic N) is 1. The van der Waals surface area contributed by atoms with E-state index >= 15 is 0 Å². The zero-order valence-corrected chi connectivity index (χ0v) is 14.6. The Morgan fingerprint density at radius 3 is 2.22 bits per heavy atom. The second kappa shape index (κ2) is 5.96. The summed E-state index contributed by atoms with van der Waals surface area (Å²) < 4.78 is 22.5. The van der Waals surface area contributed by atoms with Crippen LogP contribution in [0.5, 0.6) is 0 Å². The summed E-state index contributed by atoms with van der Waals surface area (Å²) in [7, 11) is -3.25. The third-order valence-corrected chi connectivity index (χ3v) is 5.04. The number of hydrogen-bond donors (Lipinski definition) is 1. The molecule has 0 bridgehead atoms. The topological polar surface area (TPSA) is 83.6 Å². The SMILES string of the molecule is CC(C)c1ccc([C@]2(C)NC(=O)N(CCS(C)(=O)=O)C2=O)cc1. The zero-order valence-electron chi connectivity index (χ0n) is 13.8. The van der Waals surface area contributed by atoms with Crippen molar-refractivity contribution in [2.45, 2.75) is 32.2 Å². The van der Waals surface area contributed by atoms with Crippen LogP contribution in [0.25, 0.3) is 0 Å². The van der Waals surface area contributed by atoms with E-state index in [4.69, 9.17) is 0 Å². The van der Waals surface area contributed by atoms with Crippen LogP contribution in [0.4, 0.5) is 4.79 Å². The van der Waals surface area contributed by atoms with Crippen LogP contribution in [-0.2, 0) is 20.2 Å². The molecule has 1 aliphatic heterocycles. The van der Waals surface area contributed by atoms with E-state index in [9.17, 15) is 18.0 Å². The molecule has 126 valence electrons. The van der Waals surface area contributed by atoms with Crippen LogP contribution in [-0.4, -0.2) is 43.8 Å². The quantitative estimate of drug-likeness (QED) is 0.827. The summed E-state index contributed by atoms with van der Waals surface area (Å²) in [6.45, 7) is 5.65. The van der Waals surface area contributed by atoms with Gasteiger partial charge in [0.25, 0.3) is 5.91 Å². The highest BCUT2D eigenvalue weighted by Gasteiger charge is 2.48. The summed E-state index contributed by atoms with van der Waals surface area (Å²) in [5.74, 6) is -0.297. The second-order valence-electron chi connectivity index (χ2n) is 6.42. The number of amides is 3. The average molecular weight is 338 g/mol. The Bertz CT molecular complexity index is 725. The molecule has 0 saturated carbocycles. The molecule has 0 aromatic heterocycles. The molecule has 6 nitrogen and oxygen atoms in total. The molecule has 0 spiro atoms. The van der Waals surface area contributed by atoms with Crippen LogP contribution in [0.3, 0.4) is 0 Å². The molecule has 1 aromatic carbocycles. The van der Waals surface area contributed by atoms with Crippen molar-refractivity contribution in [2.75, 3.05) is 18.6 Å². The molecule has 1 atom stereocenters. The first-order chi connectivity index (χ1) is 10.5. The summed E-state index contributed by atoms with van der Waals surface area (Å²) in [6, 6.07) is 6.96. The molecule has 0 unspecified atom stereocenters. The van der Waals surface area contributed by atoms with Crippen molar-refractivity contribution in [1.29, 1.82) is 0 Å². The van der Waals surface area contributed by atoms with E-state index in [0.717, 1.165) is 16.7 Å². The fourth-order valence-corrected chi connectivity index (χ4v) is 3.07. The van der Waals surface area contributed by atoms with Crippen LogP contribution in [0, 0.1) is 0 Å². The zero-order chi connectivity index (χ0) is 17.4. The second-order valence-corrected chi connectivity index (χ2v) is 8.68. The van der Waals surface area contributed by atoms with Gasteiger partial charge in [-0.05, 0) is 24.0 Å². The summed E-state index contributed by atoms with van der Waals surface area (Å²) >= 11 is 0. The molecule has 1 aliphatic rings. The van der Waals surface area contributed by atoms with Gasteiger partial charge in [-0.1, -0.05) is 38.1 Å². The predicted molar refractivity (Wildman–Crippen MR) is 87.8 cm³/mol. The Morgan fingerprint density at radius 2 is 1.74 bits per heavy atom. The highest BCUT2D eigenvalue weighted by molar-refractivity contribution is 7.90. The molecule has 1 saturated heterocycles. The third kappa shape index (κ3) is 3.55. The van der Waals surface area contributed by atoms with Gasteiger partial charge in [0.05, 0.1) is 5.75 Å². The lowest BCUT2D eigenvalue weighted by molar-refractivity contribution is -0.130. The maximum absolute atomic E-state index is 12.6. The first kappa shape index (κ1) is 17.5. The Labute approximate surface area is 136 Å². The maximum atomic E-state index is 12.6. The van der Waals surface area contributed by atoms with Crippen molar-refractivity contribution in [3.8, 4) is 0 Å². The highest BCUT2D eigenvalue weighted by atomic mass is 32.2. The molecule has 0 aliphatic carbocycles. The summed E-state index contributed by atoms with van der Waals surface area (Å²) in [5.41, 5.74) is 0.662. The Balaban J connectivity index is 2.25. The van der Waals surface area contributed by atoms with E-state index < -0.39 is 27.3 Å². The van der Waals surface area contributed by atoms with E-state index in [1.165, 1.54) is 0 Å². The molecular weight excluding hydrogens is 316 g/mol. The molecule has 2 rings (SSSR count). The van der Waals surface area contributed by atoms with Gasteiger partial charge >= 0.3 is 6.03 Å². The molecule has 1 fully saturated rings. The Hall–Kier alpha value is -1.89. The first-order valence-corrected chi connectivity index (χ1v) is 9.53. The minimum absolute atomic E-state index is 0.136. The highest BCUT2D eigenvalue weighted by Crippen LogP contribution is 2.29. The molecule has 1 heterocycles. The number of benzene rings is 1. The molecule has 1 aromatic rings. The van der Waals surface area contributed by atoms with Gasteiger partial charge in [-0.25, -0.2) is 13.2 Å². The van der Waals surface area contributed by atoms with Crippen LogP contribution in [0.2, 0.25) is 0 Å². The lowest BCUT2D eigenvalue weighted by Gasteiger charge is -2.22. The maximum Gasteiger partial charge on any atom is 0.325 e. The molecule has 1 N–H and O–H groups in total. The monoisotopic (exact) mass is 338 g/mol. The van der Waals surface area contributed by atoms with E-state index in [1.54, 1.807) is 6.92 Å². The average Bonchev–Trinajstić information content (AvgIpc) is 2.67. The van der Waals surface area contributed by atoms with Crippen LogP contribution >= 0.6 is 0 Å². The van der Waals surface area contributed by atoms with E-state index in [2.05, 4.69) is 19.2 Å². The smallest absolute Gasteiger partial charge is 0.319 e. The summed E-state index contributed by atoms with van der Waals surface area (Å²) in [6.07, 6.45) is 1.08. The lowest BCUT2D eigenvalue weighted by atomic mass is 9.90. The van der Waals surface area contributed by atoms with Crippen molar-refractivity contribution >= 4 is 21.8 Å². The van der Waals surface area contributed by atoms with Crippen molar-refractivity contribution in [3.63, 3.8) is 0 Å². The number of nitrogens with one attached hydrogen (secondary N) is 1. The van der Waals surface area contributed by atoms with Gasteiger partial charge in [-0.3, -0.25) is 9.69 Å². The molecule has 23 heavy (non-hydrogen) atoms. The number of urea groups is 1. The Kier molecular flexibility index (Phi) is 4.52. The van der Waals surface area contributed by atoms with Gasteiger partial charge in [-0.15, -0.1) is 0 Å². The predicted octanol–water partition coefficient (Wildman–Crippen LogP) is 1.62. The van der Waals surface area contributed by atoms with Gasteiger partial charge in [0.1, 0.15) is 15.4 Å². The van der Waals surface area contributed by atoms with E-state index in [-0.39, 0.29) is 12.3 Å². The van der Waals surface area contributed by atoms with Gasteiger partial charge in [0.15, 0.2) is 0 Å². The first-order valence-electron chi connectivity index (χ1n) is 7.47. The van der Waals surface area contributed by atoms with E-state index in [1.807, 2.05) is 24.3 Å². The summed E-state index contributed by atoms with van der Waals surface area (Å²) in [4.78, 5) is 25.7. The van der Waals surface area contributed by atoms with E-state index in [0.29, 0.717) is 11.5 Å². The number of imide groups is 1. The third-order valence-electron chi connectivity index (χ3n) is 4.12. The fraction of sp³-hybridized carbons (Fsp3) is 0.500. The fourth-order valence-electron chi connectivity index (χ4n) is 2.55. The standard InChI is InChI=1S/C16H22N2O4S/c1-11(2)12-5-7-13(8-6-12)16(3)14(19)18(15(20)17-16)9-10-23(4,21)22/h5-8,11H,9-10H2,1-4H3,(H,17,20)/t16-/m0/s1. The number of sulfone groups is 1. The van der Waals surface area contributed by atoms with Gasteiger partial charge in [0, 0.05) is 12.8 Å². The van der Waals surface area contributed by atoms with Crippen molar-refractivity contribution < 1.29 is 18.0 Å². The molecule has 7 heteroatoms. The molecule has 3 amide bonds. The molecular formula is C16H22N2O4S. The van der Waals surface area contributed by atoms with Gasteiger partial charge < -0.3 is 5.32 Å². The molecule has 0 radical (unpaired) electrons. The summed E-state index contributed by atoms with van der Waals surface area (Å²) in [5, 5.41) is 2.67. The minimum Gasteiger partial charge on any atom is -0.319 e. The largest absolute Gasteiger partial charge is 0.325 e. The number of hydrogen-bond acceptors (Lipinski definition) is 4. The lowest BCUT2D eigenvalue weighted by Crippen LogP contribution is -2.41. The van der Waals surface area contributed by atoms with Crippen molar-refractivity contribution in [2.24, 2.45) is 0 Å². The number of carbonyl (C=O) groups excluding carboxylic acids is 2. The number of carbonyl (C=O) groups is 2.